The topological polar surface area (TPSA) is 69.0 Å². The first-order valence-electron chi connectivity index (χ1n) is 8.18. The number of sulfone groups is 1. The third-order valence-electron chi connectivity index (χ3n) is 4.72. The molecule has 0 aromatic carbocycles. The van der Waals surface area contributed by atoms with Gasteiger partial charge in [0.15, 0.2) is 15.6 Å². The van der Waals surface area contributed by atoms with Crippen LogP contribution >= 0.6 is 0 Å². The molecule has 0 atom stereocenters. The van der Waals surface area contributed by atoms with Gasteiger partial charge in [-0.15, -0.1) is 0 Å². The molecule has 1 aliphatic carbocycles. The fourth-order valence-corrected chi connectivity index (χ4v) is 5.00. The number of nitrogens with zero attached hydrogens (tertiary/aromatic N) is 2. The quantitative estimate of drug-likeness (QED) is 0.780. The van der Waals surface area contributed by atoms with Gasteiger partial charge in [0.05, 0.1) is 27.2 Å². The fourth-order valence-electron chi connectivity index (χ4n) is 3.41. The lowest BCUT2D eigenvalue weighted by molar-refractivity contribution is 0.100. The Balaban J connectivity index is 2.10. The van der Waals surface area contributed by atoms with Crippen LogP contribution in [0.3, 0.4) is 0 Å². The Morgan fingerprint density at radius 2 is 2.00 bits per heavy atom. The summed E-state index contributed by atoms with van der Waals surface area (Å²) < 4.78 is 26.4. The van der Waals surface area contributed by atoms with E-state index in [2.05, 4.69) is 4.98 Å². The summed E-state index contributed by atoms with van der Waals surface area (Å²) in [6.45, 7) is 5.55. The molecule has 6 heteroatoms. The van der Waals surface area contributed by atoms with Crippen LogP contribution in [-0.4, -0.2) is 29.0 Å². The van der Waals surface area contributed by atoms with Gasteiger partial charge in [0.2, 0.25) is 0 Å². The van der Waals surface area contributed by atoms with Crippen molar-refractivity contribution in [2.45, 2.75) is 50.2 Å². The molecule has 0 aliphatic heterocycles. The predicted molar refractivity (Wildman–Crippen MR) is 93.0 cm³/mol. The van der Waals surface area contributed by atoms with Gasteiger partial charge >= 0.3 is 0 Å². The highest BCUT2D eigenvalue weighted by molar-refractivity contribution is 7.92. The van der Waals surface area contributed by atoms with Crippen molar-refractivity contribution in [1.82, 2.24) is 9.55 Å². The Morgan fingerprint density at radius 1 is 1.33 bits per heavy atom. The van der Waals surface area contributed by atoms with Gasteiger partial charge in [-0.1, -0.05) is 6.92 Å². The van der Waals surface area contributed by atoms with Crippen molar-refractivity contribution in [2.24, 2.45) is 7.05 Å². The Morgan fingerprint density at radius 3 is 2.46 bits per heavy atom. The van der Waals surface area contributed by atoms with Crippen molar-refractivity contribution >= 4 is 15.6 Å². The molecule has 2 aromatic heterocycles. The predicted octanol–water partition coefficient (Wildman–Crippen LogP) is 3.10. The SMILES string of the molecule is CCc1c(C)c(C(C)=O)n(C)c1-c1ccc(S(=O)(=O)C2CC2)cn1. The first-order valence-corrected chi connectivity index (χ1v) is 9.73. The number of rotatable bonds is 5. The third-order valence-corrected chi connectivity index (χ3v) is 6.97. The molecule has 24 heavy (non-hydrogen) atoms. The molecule has 0 N–H and O–H groups in total. The summed E-state index contributed by atoms with van der Waals surface area (Å²) >= 11 is 0. The summed E-state index contributed by atoms with van der Waals surface area (Å²) in [5, 5.41) is -0.238. The zero-order valence-electron chi connectivity index (χ0n) is 14.5. The van der Waals surface area contributed by atoms with Crippen LogP contribution in [0.4, 0.5) is 0 Å². The second-order valence-electron chi connectivity index (χ2n) is 6.39. The van der Waals surface area contributed by atoms with Gasteiger partial charge in [-0.25, -0.2) is 8.42 Å². The smallest absolute Gasteiger partial charge is 0.182 e. The summed E-state index contributed by atoms with van der Waals surface area (Å²) in [6.07, 6.45) is 3.70. The van der Waals surface area contributed by atoms with Gasteiger partial charge in [0, 0.05) is 20.2 Å². The average molecular weight is 346 g/mol. The Bertz CT molecular complexity index is 905. The molecule has 2 aromatic rings. The van der Waals surface area contributed by atoms with Crippen LogP contribution in [0.5, 0.6) is 0 Å². The number of carbonyl (C=O) groups excluding carboxylic acids is 1. The van der Waals surface area contributed by atoms with Gasteiger partial charge in [-0.2, -0.15) is 0 Å². The van der Waals surface area contributed by atoms with E-state index < -0.39 is 9.84 Å². The molecule has 3 rings (SSSR count). The normalized spacial score (nSPS) is 14.8. The van der Waals surface area contributed by atoms with Gasteiger partial charge in [0.25, 0.3) is 0 Å². The number of hydrogen-bond donors (Lipinski definition) is 0. The average Bonchev–Trinajstić information content (AvgIpc) is 3.34. The zero-order valence-corrected chi connectivity index (χ0v) is 15.3. The fraction of sp³-hybridized carbons (Fsp3) is 0.444. The van der Waals surface area contributed by atoms with Crippen LogP contribution in [0.15, 0.2) is 23.2 Å². The first kappa shape index (κ1) is 16.9. The van der Waals surface area contributed by atoms with Crippen molar-refractivity contribution in [1.29, 1.82) is 0 Å². The van der Waals surface area contributed by atoms with Crippen LogP contribution in [0.1, 0.15) is 48.3 Å². The third kappa shape index (κ3) is 2.59. The molecule has 1 fully saturated rings. The minimum absolute atomic E-state index is 0.0175. The minimum atomic E-state index is -3.23. The second-order valence-corrected chi connectivity index (χ2v) is 8.62. The Kier molecular flexibility index (Phi) is 4.11. The van der Waals surface area contributed by atoms with Crippen molar-refractivity contribution in [2.75, 3.05) is 0 Å². The zero-order chi connectivity index (χ0) is 17.6. The number of hydrogen-bond acceptors (Lipinski definition) is 4. The van der Waals surface area contributed by atoms with E-state index in [0.29, 0.717) is 11.4 Å². The summed E-state index contributed by atoms with van der Waals surface area (Å²) in [6, 6.07) is 3.37. The molecule has 0 bridgehead atoms. The van der Waals surface area contributed by atoms with E-state index in [9.17, 15) is 13.2 Å². The lowest BCUT2D eigenvalue weighted by atomic mass is 10.0. The molecule has 128 valence electrons. The Labute approximate surface area is 142 Å². The van der Waals surface area contributed by atoms with E-state index in [0.717, 1.165) is 36.1 Å². The molecule has 0 saturated heterocycles. The number of Topliss-reactive ketones (excluding diaryl/α,β-unsaturated/α-hetero) is 1. The largest absolute Gasteiger partial charge is 0.340 e. The molecular weight excluding hydrogens is 324 g/mol. The highest BCUT2D eigenvalue weighted by Gasteiger charge is 2.37. The van der Waals surface area contributed by atoms with E-state index in [1.54, 1.807) is 19.1 Å². The minimum Gasteiger partial charge on any atom is -0.340 e. The molecule has 1 saturated carbocycles. The molecule has 2 heterocycles. The van der Waals surface area contributed by atoms with Crippen LogP contribution in [0.2, 0.25) is 0 Å². The van der Waals surface area contributed by atoms with Gasteiger partial charge in [0.1, 0.15) is 0 Å². The molecule has 0 spiro atoms. The van der Waals surface area contributed by atoms with Crippen LogP contribution in [0.25, 0.3) is 11.4 Å². The monoisotopic (exact) mass is 346 g/mol. The van der Waals surface area contributed by atoms with Crippen LogP contribution in [-0.2, 0) is 23.3 Å². The first-order chi connectivity index (χ1) is 11.3. The highest BCUT2D eigenvalue weighted by Crippen LogP contribution is 2.35. The molecule has 5 nitrogen and oxygen atoms in total. The lowest BCUT2D eigenvalue weighted by Crippen LogP contribution is -2.08. The number of aromatic nitrogens is 2. The van der Waals surface area contributed by atoms with Gasteiger partial charge in [-0.05, 0) is 49.4 Å². The van der Waals surface area contributed by atoms with E-state index in [1.807, 2.05) is 25.5 Å². The summed E-state index contributed by atoms with van der Waals surface area (Å²) in [4.78, 5) is 16.6. The van der Waals surface area contributed by atoms with E-state index >= 15 is 0 Å². The number of ketones is 1. The highest BCUT2D eigenvalue weighted by atomic mass is 32.2. The summed E-state index contributed by atoms with van der Waals surface area (Å²) in [7, 11) is -1.37. The summed E-state index contributed by atoms with van der Waals surface area (Å²) in [5.41, 5.74) is 4.31. The Hall–Kier alpha value is -1.95. The lowest BCUT2D eigenvalue weighted by Gasteiger charge is -2.09. The standard InChI is InChI=1S/C18H22N2O3S/c1-5-15-11(2)17(12(3)21)20(4)18(15)16-9-8-14(10-19-16)24(22,23)13-6-7-13/h8-10,13H,5-7H2,1-4H3. The van der Waals surface area contributed by atoms with Gasteiger partial charge < -0.3 is 4.57 Å². The van der Waals surface area contributed by atoms with E-state index in [1.165, 1.54) is 6.20 Å². The molecule has 1 aliphatic rings. The van der Waals surface area contributed by atoms with E-state index in [-0.39, 0.29) is 15.9 Å². The maximum atomic E-state index is 12.3. The van der Waals surface area contributed by atoms with Crippen molar-refractivity contribution in [3.05, 3.63) is 35.2 Å². The van der Waals surface area contributed by atoms with Crippen molar-refractivity contribution in [3.63, 3.8) is 0 Å². The molecular formula is C18H22N2O3S. The van der Waals surface area contributed by atoms with Crippen molar-refractivity contribution < 1.29 is 13.2 Å². The molecule has 0 radical (unpaired) electrons. The maximum absolute atomic E-state index is 12.3. The van der Waals surface area contributed by atoms with Crippen LogP contribution in [0, 0.1) is 6.92 Å². The van der Waals surface area contributed by atoms with Crippen molar-refractivity contribution in [3.8, 4) is 11.4 Å². The number of pyridine rings is 1. The van der Waals surface area contributed by atoms with Gasteiger partial charge in [-0.3, -0.25) is 9.78 Å². The number of carbonyl (C=O) groups is 1. The van der Waals surface area contributed by atoms with E-state index in [4.69, 9.17) is 0 Å². The second kappa shape index (κ2) is 5.84. The summed E-state index contributed by atoms with van der Waals surface area (Å²) in [5.74, 6) is 0.0175. The maximum Gasteiger partial charge on any atom is 0.182 e. The molecule has 0 amide bonds. The molecule has 0 unspecified atom stereocenters. The van der Waals surface area contributed by atoms with Crippen LogP contribution < -0.4 is 0 Å².